The molecule has 0 bridgehead atoms. The van der Waals surface area contributed by atoms with E-state index in [1.54, 1.807) is 24.3 Å². The molecule has 3 aromatic carbocycles. The molecule has 0 aliphatic rings. The molecule has 0 spiro atoms. The Bertz CT molecular complexity index is 1110. The molecule has 4 N–H and O–H groups in total. The highest BCUT2D eigenvalue weighted by Crippen LogP contribution is 2.28. The second-order valence-corrected chi connectivity index (χ2v) is 5.99. The number of rotatable bonds is 5. The molecular formula is C22H19N3O3. The standard InChI is InChI=1S/C22H19N3O3/c1-28-19-11-5-10-18(16(19)12-13-20(26)25-22(23)24)21(27)17-9-4-7-14-6-2-3-8-15(14)17/h2-13H,1H3,(H4,23,24,25,26). The first-order chi connectivity index (χ1) is 13.5. The highest BCUT2D eigenvalue weighted by molar-refractivity contribution is 6.18. The van der Waals surface area contributed by atoms with Gasteiger partial charge in [0.2, 0.25) is 0 Å². The maximum atomic E-state index is 13.3. The molecule has 0 aliphatic heterocycles. The number of aliphatic imine (C=N–C) groups is 1. The smallest absolute Gasteiger partial charge is 0.272 e. The van der Waals surface area contributed by atoms with Gasteiger partial charge in [-0.05, 0) is 22.9 Å². The molecule has 0 saturated heterocycles. The Labute approximate surface area is 162 Å². The largest absolute Gasteiger partial charge is 0.496 e. The molecule has 0 fully saturated rings. The van der Waals surface area contributed by atoms with Crippen molar-refractivity contribution in [3.05, 3.63) is 83.4 Å². The summed E-state index contributed by atoms with van der Waals surface area (Å²) in [5, 5.41) is 1.82. The number of nitrogens with zero attached hydrogens (tertiary/aromatic N) is 1. The molecule has 0 radical (unpaired) electrons. The van der Waals surface area contributed by atoms with E-state index in [1.807, 2.05) is 36.4 Å². The summed E-state index contributed by atoms with van der Waals surface area (Å²) in [6, 6.07) is 18.4. The number of hydrogen-bond donors (Lipinski definition) is 2. The highest BCUT2D eigenvalue weighted by Gasteiger charge is 2.17. The van der Waals surface area contributed by atoms with Gasteiger partial charge in [0, 0.05) is 22.8 Å². The normalized spacial score (nSPS) is 10.8. The van der Waals surface area contributed by atoms with Gasteiger partial charge in [0.05, 0.1) is 7.11 Å². The van der Waals surface area contributed by atoms with Crippen molar-refractivity contribution in [2.75, 3.05) is 7.11 Å². The Balaban J connectivity index is 2.11. The van der Waals surface area contributed by atoms with Crippen LogP contribution in [0.4, 0.5) is 0 Å². The Morgan fingerprint density at radius 1 is 0.929 bits per heavy atom. The first-order valence-electron chi connectivity index (χ1n) is 8.52. The van der Waals surface area contributed by atoms with Gasteiger partial charge in [0.25, 0.3) is 5.91 Å². The number of amides is 1. The summed E-state index contributed by atoms with van der Waals surface area (Å²) in [5.74, 6) is -0.680. The van der Waals surface area contributed by atoms with Gasteiger partial charge in [-0.1, -0.05) is 54.6 Å². The predicted molar refractivity (Wildman–Crippen MR) is 110 cm³/mol. The minimum Gasteiger partial charge on any atom is -0.496 e. The number of benzene rings is 3. The van der Waals surface area contributed by atoms with Crippen LogP contribution in [-0.4, -0.2) is 24.8 Å². The summed E-state index contributed by atoms with van der Waals surface area (Å²) >= 11 is 0. The molecular weight excluding hydrogens is 354 g/mol. The molecule has 6 nitrogen and oxygen atoms in total. The fourth-order valence-electron chi connectivity index (χ4n) is 2.98. The second kappa shape index (κ2) is 8.18. The van der Waals surface area contributed by atoms with Crippen molar-refractivity contribution in [1.82, 2.24) is 0 Å². The molecule has 1 amide bonds. The van der Waals surface area contributed by atoms with E-state index in [1.165, 1.54) is 19.3 Å². The monoisotopic (exact) mass is 373 g/mol. The first kappa shape index (κ1) is 18.8. The summed E-state index contributed by atoms with van der Waals surface area (Å²) in [6.07, 6.45) is 2.67. The van der Waals surface area contributed by atoms with E-state index in [-0.39, 0.29) is 11.7 Å². The third kappa shape index (κ3) is 3.91. The van der Waals surface area contributed by atoms with Crippen LogP contribution >= 0.6 is 0 Å². The molecule has 0 atom stereocenters. The van der Waals surface area contributed by atoms with Gasteiger partial charge in [0.1, 0.15) is 5.75 Å². The van der Waals surface area contributed by atoms with Gasteiger partial charge in [0.15, 0.2) is 11.7 Å². The van der Waals surface area contributed by atoms with Crippen LogP contribution in [0.15, 0.2) is 71.7 Å². The molecule has 3 rings (SSSR count). The van der Waals surface area contributed by atoms with E-state index < -0.39 is 5.91 Å². The van der Waals surface area contributed by atoms with Gasteiger partial charge in [-0.3, -0.25) is 9.59 Å². The van der Waals surface area contributed by atoms with Gasteiger partial charge >= 0.3 is 0 Å². The van der Waals surface area contributed by atoms with Gasteiger partial charge in [-0.2, -0.15) is 4.99 Å². The zero-order valence-electron chi connectivity index (χ0n) is 15.3. The number of ketones is 1. The average Bonchev–Trinajstić information content (AvgIpc) is 2.70. The van der Waals surface area contributed by atoms with Gasteiger partial charge in [-0.25, -0.2) is 0 Å². The van der Waals surface area contributed by atoms with Crippen LogP contribution in [0.1, 0.15) is 21.5 Å². The van der Waals surface area contributed by atoms with Crippen molar-refractivity contribution >= 4 is 34.5 Å². The summed E-state index contributed by atoms with van der Waals surface area (Å²) in [4.78, 5) is 28.6. The Kier molecular flexibility index (Phi) is 5.50. The average molecular weight is 373 g/mol. The third-order valence-corrected chi connectivity index (χ3v) is 4.20. The lowest BCUT2D eigenvalue weighted by Crippen LogP contribution is -2.23. The predicted octanol–water partition coefficient (Wildman–Crippen LogP) is 2.89. The molecule has 3 aromatic rings. The SMILES string of the molecule is COc1cccc(C(=O)c2cccc3ccccc23)c1C=CC(=O)N=C(N)N. The topological polar surface area (TPSA) is 108 Å². The third-order valence-electron chi connectivity index (χ3n) is 4.20. The van der Waals surface area contributed by atoms with E-state index in [4.69, 9.17) is 16.2 Å². The number of ether oxygens (including phenoxy) is 1. The molecule has 0 aromatic heterocycles. The van der Waals surface area contributed by atoms with Crippen LogP contribution in [-0.2, 0) is 4.79 Å². The van der Waals surface area contributed by atoms with Crippen molar-refractivity contribution in [3.8, 4) is 5.75 Å². The number of fused-ring (bicyclic) bond motifs is 1. The number of guanidine groups is 1. The fraction of sp³-hybridized carbons (Fsp3) is 0.0455. The second-order valence-electron chi connectivity index (χ2n) is 5.99. The van der Waals surface area contributed by atoms with Crippen molar-refractivity contribution in [1.29, 1.82) is 0 Å². The van der Waals surface area contributed by atoms with Crippen LogP contribution < -0.4 is 16.2 Å². The molecule has 6 heteroatoms. The van der Waals surface area contributed by atoms with Crippen LogP contribution in [0.2, 0.25) is 0 Å². The lowest BCUT2D eigenvalue weighted by molar-refractivity contribution is -0.113. The van der Waals surface area contributed by atoms with Crippen LogP contribution in [0.3, 0.4) is 0 Å². The minimum absolute atomic E-state index is 0.176. The van der Waals surface area contributed by atoms with Crippen molar-refractivity contribution in [2.45, 2.75) is 0 Å². The molecule has 0 unspecified atom stereocenters. The lowest BCUT2D eigenvalue weighted by Gasteiger charge is -2.11. The highest BCUT2D eigenvalue weighted by atomic mass is 16.5. The molecule has 0 heterocycles. The van der Waals surface area contributed by atoms with E-state index in [2.05, 4.69) is 4.99 Å². The summed E-state index contributed by atoms with van der Waals surface area (Å²) < 4.78 is 5.37. The van der Waals surface area contributed by atoms with Gasteiger partial charge < -0.3 is 16.2 Å². The Hall–Kier alpha value is -3.93. The first-order valence-corrected chi connectivity index (χ1v) is 8.52. The maximum absolute atomic E-state index is 13.3. The van der Waals surface area contributed by atoms with Crippen LogP contribution in [0.5, 0.6) is 5.75 Å². The van der Waals surface area contributed by atoms with Crippen molar-refractivity contribution in [3.63, 3.8) is 0 Å². The molecule has 28 heavy (non-hydrogen) atoms. The number of carbonyl (C=O) groups is 2. The minimum atomic E-state index is -0.630. The molecule has 0 aliphatic carbocycles. The fourth-order valence-corrected chi connectivity index (χ4v) is 2.98. The summed E-state index contributed by atoms with van der Waals surface area (Å²) in [5.41, 5.74) is 11.9. The zero-order chi connectivity index (χ0) is 20.1. The van der Waals surface area contributed by atoms with Gasteiger partial charge in [-0.15, -0.1) is 0 Å². The van der Waals surface area contributed by atoms with E-state index in [0.29, 0.717) is 22.4 Å². The van der Waals surface area contributed by atoms with Crippen LogP contribution in [0.25, 0.3) is 16.8 Å². The zero-order valence-corrected chi connectivity index (χ0v) is 15.3. The number of hydrogen-bond acceptors (Lipinski definition) is 3. The quantitative estimate of drug-likeness (QED) is 0.309. The van der Waals surface area contributed by atoms with E-state index >= 15 is 0 Å². The number of methoxy groups -OCH3 is 1. The lowest BCUT2D eigenvalue weighted by atomic mass is 9.94. The number of carbonyl (C=O) groups excluding carboxylic acids is 2. The van der Waals surface area contributed by atoms with E-state index in [0.717, 1.165) is 10.8 Å². The number of nitrogens with two attached hydrogens (primary N) is 2. The molecule has 140 valence electrons. The molecule has 0 saturated carbocycles. The summed E-state index contributed by atoms with van der Waals surface area (Å²) in [7, 11) is 1.50. The Morgan fingerprint density at radius 2 is 1.61 bits per heavy atom. The van der Waals surface area contributed by atoms with Crippen molar-refractivity contribution < 1.29 is 14.3 Å². The van der Waals surface area contributed by atoms with E-state index in [9.17, 15) is 9.59 Å². The Morgan fingerprint density at radius 3 is 2.36 bits per heavy atom. The maximum Gasteiger partial charge on any atom is 0.272 e. The van der Waals surface area contributed by atoms with Crippen LogP contribution in [0, 0.1) is 0 Å². The summed E-state index contributed by atoms with van der Waals surface area (Å²) in [6.45, 7) is 0. The van der Waals surface area contributed by atoms with Crippen molar-refractivity contribution in [2.24, 2.45) is 16.5 Å².